The van der Waals surface area contributed by atoms with E-state index in [-0.39, 0.29) is 5.84 Å². The van der Waals surface area contributed by atoms with Crippen molar-refractivity contribution in [3.05, 3.63) is 29.3 Å². The normalized spacial score (nSPS) is 27.8. The quantitative estimate of drug-likeness (QED) is 0.653. The van der Waals surface area contributed by atoms with Gasteiger partial charge in [-0.15, -0.1) is 0 Å². The fourth-order valence-electron chi connectivity index (χ4n) is 4.43. The van der Waals surface area contributed by atoms with Gasteiger partial charge in [0.1, 0.15) is 5.84 Å². The van der Waals surface area contributed by atoms with Crippen LogP contribution in [0.2, 0.25) is 0 Å². The van der Waals surface area contributed by atoms with Crippen molar-refractivity contribution < 1.29 is 0 Å². The number of nitrogens with one attached hydrogen (secondary N) is 1. The van der Waals surface area contributed by atoms with E-state index in [0.717, 1.165) is 35.5 Å². The maximum absolute atomic E-state index is 7.78. The Labute approximate surface area is 121 Å². The maximum Gasteiger partial charge on any atom is 0.124 e. The molecule has 0 heterocycles. The molecule has 0 spiro atoms. The van der Waals surface area contributed by atoms with Crippen LogP contribution < -0.4 is 10.6 Å². The summed E-state index contributed by atoms with van der Waals surface area (Å²) in [5.74, 6) is 2.93. The number of hydrogen-bond acceptors (Lipinski definition) is 2. The van der Waals surface area contributed by atoms with E-state index in [4.69, 9.17) is 11.1 Å². The second-order valence-corrected chi connectivity index (χ2v) is 6.70. The highest BCUT2D eigenvalue weighted by Crippen LogP contribution is 2.48. The van der Waals surface area contributed by atoms with Crippen LogP contribution in [-0.2, 0) is 0 Å². The predicted octanol–water partition coefficient (Wildman–Crippen LogP) is 3.15. The Kier molecular flexibility index (Phi) is 3.45. The number of anilines is 1. The van der Waals surface area contributed by atoms with Crippen molar-refractivity contribution in [3.8, 4) is 0 Å². The topological polar surface area (TPSA) is 53.1 Å². The van der Waals surface area contributed by atoms with E-state index in [1.807, 2.05) is 12.1 Å². The number of para-hydroxylation sites is 1. The summed E-state index contributed by atoms with van der Waals surface area (Å²) < 4.78 is 0. The van der Waals surface area contributed by atoms with Gasteiger partial charge < -0.3 is 10.6 Å². The van der Waals surface area contributed by atoms with E-state index in [1.165, 1.54) is 31.2 Å². The van der Waals surface area contributed by atoms with Gasteiger partial charge in [0.25, 0.3) is 0 Å². The van der Waals surface area contributed by atoms with Crippen LogP contribution in [0.5, 0.6) is 0 Å². The fraction of sp³-hybridized carbons (Fsp3) is 0.588. The summed E-state index contributed by atoms with van der Waals surface area (Å²) in [5.41, 5.74) is 8.97. The van der Waals surface area contributed by atoms with Gasteiger partial charge in [0.2, 0.25) is 0 Å². The molecule has 20 heavy (non-hydrogen) atoms. The van der Waals surface area contributed by atoms with Gasteiger partial charge in [0.05, 0.1) is 5.69 Å². The third kappa shape index (κ3) is 2.30. The molecule has 108 valence electrons. The Morgan fingerprint density at radius 1 is 1.35 bits per heavy atom. The third-order valence-corrected chi connectivity index (χ3v) is 5.30. The van der Waals surface area contributed by atoms with Crippen molar-refractivity contribution in [3.63, 3.8) is 0 Å². The van der Waals surface area contributed by atoms with E-state index < -0.39 is 0 Å². The van der Waals surface area contributed by atoms with Crippen LogP contribution in [-0.4, -0.2) is 19.4 Å². The molecule has 0 saturated heterocycles. The van der Waals surface area contributed by atoms with Crippen molar-refractivity contribution >= 4 is 11.5 Å². The van der Waals surface area contributed by atoms with E-state index in [2.05, 4.69) is 24.9 Å². The Bertz CT molecular complexity index is 523. The highest BCUT2D eigenvalue weighted by molar-refractivity contribution is 6.01. The second-order valence-electron chi connectivity index (χ2n) is 6.70. The lowest BCUT2D eigenvalue weighted by atomic mass is 9.88. The fourth-order valence-corrected chi connectivity index (χ4v) is 4.43. The second kappa shape index (κ2) is 5.12. The molecule has 3 nitrogen and oxygen atoms in total. The molecule has 3 atom stereocenters. The van der Waals surface area contributed by atoms with E-state index in [0.29, 0.717) is 0 Å². The number of hydrogen-bond donors (Lipinski definition) is 2. The van der Waals surface area contributed by atoms with Crippen molar-refractivity contribution in [2.75, 3.05) is 18.5 Å². The highest BCUT2D eigenvalue weighted by atomic mass is 15.1. The first-order valence-corrected chi connectivity index (χ1v) is 7.71. The van der Waals surface area contributed by atoms with Crippen LogP contribution in [0.3, 0.4) is 0 Å². The molecule has 3 unspecified atom stereocenters. The Balaban J connectivity index is 1.80. The molecule has 1 aromatic rings. The van der Waals surface area contributed by atoms with Crippen LogP contribution in [0.25, 0.3) is 0 Å². The van der Waals surface area contributed by atoms with Crippen molar-refractivity contribution in [2.24, 2.45) is 23.5 Å². The minimum atomic E-state index is 0.170. The van der Waals surface area contributed by atoms with Gasteiger partial charge in [-0.05, 0) is 55.6 Å². The van der Waals surface area contributed by atoms with Crippen LogP contribution in [0, 0.1) is 30.1 Å². The summed E-state index contributed by atoms with van der Waals surface area (Å²) >= 11 is 0. The summed E-state index contributed by atoms with van der Waals surface area (Å²) in [7, 11) is 2.15. The van der Waals surface area contributed by atoms with Gasteiger partial charge in [-0.1, -0.05) is 18.6 Å². The first kappa shape index (κ1) is 13.5. The smallest absolute Gasteiger partial charge is 0.124 e. The standard InChI is InChI=1S/C17H25N3/c1-11-4-3-5-15(17(18)19)16(11)20(2)10-14-9-12-6-7-13(14)8-12/h3-5,12-14H,6-10H2,1-2H3,(H3,18,19). The number of amidine groups is 1. The summed E-state index contributed by atoms with van der Waals surface area (Å²) in [6, 6.07) is 6.06. The van der Waals surface area contributed by atoms with Crippen LogP contribution in [0.4, 0.5) is 5.69 Å². The Hall–Kier alpha value is -1.51. The lowest BCUT2D eigenvalue weighted by Crippen LogP contribution is -2.31. The summed E-state index contributed by atoms with van der Waals surface area (Å²) in [5, 5.41) is 7.78. The lowest BCUT2D eigenvalue weighted by molar-refractivity contribution is 0.337. The average Bonchev–Trinajstić information content (AvgIpc) is 3.00. The molecule has 2 aliphatic carbocycles. The van der Waals surface area contributed by atoms with E-state index in [1.54, 1.807) is 0 Å². The number of nitrogens with two attached hydrogens (primary N) is 1. The molecule has 1 aromatic carbocycles. The molecule has 3 heteroatoms. The Morgan fingerprint density at radius 3 is 2.75 bits per heavy atom. The molecule has 2 aliphatic rings. The molecule has 0 amide bonds. The molecule has 0 aromatic heterocycles. The minimum absolute atomic E-state index is 0.170. The predicted molar refractivity (Wildman–Crippen MR) is 84.4 cm³/mol. The van der Waals surface area contributed by atoms with Gasteiger partial charge in [-0.2, -0.15) is 0 Å². The van der Waals surface area contributed by atoms with Gasteiger partial charge in [0, 0.05) is 19.2 Å². The van der Waals surface area contributed by atoms with Crippen LogP contribution in [0.15, 0.2) is 18.2 Å². The van der Waals surface area contributed by atoms with Gasteiger partial charge in [-0.25, -0.2) is 0 Å². The summed E-state index contributed by atoms with van der Waals surface area (Å²) in [6.07, 6.45) is 5.73. The molecule has 3 rings (SSSR count). The third-order valence-electron chi connectivity index (χ3n) is 5.30. The lowest BCUT2D eigenvalue weighted by Gasteiger charge is -2.30. The molecule has 2 saturated carbocycles. The first-order valence-electron chi connectivity index (χ1n) is 7.71. The van der Waals surface area contributed by atoms with Crippen LogP contribution >= 0.6 is 0 Å². The summed E-state index contributed by atoms with van der Waals surface area (Å²) in [6.45, 7) is 3.21. The van der Waals surface area contributed by atoms with Crippen LogP contribution in [0.1, 0.15) is 36.8 Å². The van der Waals surface area contributed by atoms with E-state index in [9.17, 15) is 0 Å². The largest absolute Gasteiger partial charge is 0.384 e. The van der Waals surface area contributed by atoms with Gasteiger partial charge in [-0.3, -0.25) is 5.41 Å². The molecule has 3 N–H and O–H groups in total. The van der Waals surface area contributed by atoms with E-state index >= 15 is 0 Å². The zero-order chi connectivity index (χ0) is 14.3. The number of nitrogens with zero attached hydrogens (tertiary/aromatic N) is 1. The maximum atomic E-state index is 7.78. The van der Waals surface area contributed by atoms with Crippen molar-refractivity contribution in [1.29, 1.82) is 5.41 Å². The molecule has 2 fully saturated rings. The van der Waals surface area contributed by atoms with Gasteiger partial charge >= 0.3 is 0 Å². The molecule has 0 radical (unpaired) electrons. The summed E-state index contributed by atoms with van der Waals surface area (Å²) in [4.78, 5) is 2.33. The first-order chi connectivity index (χ1) is 9.56. The molecular weight excluding hydrogens is 246 g/mol. The molecular formula is C17H25N3. The highest BCUT2D eigenvalue weighted by Gasteiger charge is 2.39. The monoisotopic (exact) mass is 271 g/mol. The zero-order valence-electron chi connectivity index (χ0n) is 12.5. The minimum Gasteiger partial charge on any atom is -0.384 e. The SMILES string of the molecule is Cc1cccc(C(=N)N)c1N(C)CC1CC2CCC1C2. The molecule has 0 aliphatic heterocycles. The number of nitrogen functional groups attached to an aromatic ring is 1. The average molecular weight is 271 g/mol. The number of fused-ring (bicyclic) bond motifs is 2. The number of aryl methyl sites for hydroxylation is 1. The van der Waals surface area contributed by atoms with Crippen molar-refractivity contribution in [2.45, 2.75) is 32.6 Å². The number of rotatable bonds is 4. The Morgan fingerprint density at radius 2 is 2.15 bits per heavy atom. The van der Waals surface area contributed by atoms with Crippen molar-refractivity contribution in [1.82, 2.24) is 0 Å². The number of benzene rings is 1. The zero-order valence-corrected chi connectivity index (χ0v) is 12.5. The molecule has 2 bridgehead atoms. The van der Waals surface area contributed by atoms with Gasteiger partial charge in [0.15, 0.2) is 0 Å².